The molecule has 1 saturated heterocycles. The van der Waals surface area contributed by atoms with Gasteiger partial charge in [-0.1, -0.05) is 28.1 Å². The fraction of sp³-hybridized carbons (Fsp3) is 0.667. The highest BCUT2D eigenvalue weighted by molar-refractivity contribution is 9.09. The van der Waals surface area contributed by atoms with Crippen LogP contribution in [0.2, 0.25) is 0 Å². The zero-order chi connectivity index (χ0) is 9.14. The minimum atomic E-state index is 0.266. The summed E-state index contributed by atoms with van der Waals surface area (Å²) in [4.78, 5) is 13.2. The maximum Gasteiger partial charge on any atom is 0.223 e. The first kappa shape index (κ1) is 9.78. The zero-order valence-corrected chi connectivity index (χ0v) is 8.93. The third-order valence-corrected chi connectivity index (χ3v) is 2.89. The van der Waals surface area contributed by atoms with Crippen LogP contribution in [0.4, 0.5) is 0 Å². The molecule has 0 N–H and O–H groups in total. The largest absolute Gasteiger partial charge is 0.338 e. The average molecular weight is 232 g/mol. The van der Waals surface area contributed by atoms with Crippen molar-refractivity contribution in [3.05, 3.63) is 12.2 Å². The molecule has 0 aromatic rings. The summed E-state index contributed by atoms with van der Waals surface area (Å²) >= 11 is 3.40. The van der Waals surface area contributed by atoms with E-state index in [1.165, 1.54) is 0 Å². The van der Waals surface area contributed by atoms with Crippen molar-refractivity contribution in [1.82, 2.24) is 4.90 Å². The first-order valence-corrected chi connectivity index (χ1v) is 5.23. The molecule has 0 aromatic carbocycles. The van der Waals surface area contributed by atoms with E-state index >= 15 is 0 Å². The summed E-state index contributed by atoms with van der Waals surface area (Å²) in [6.07, 6.45) is 0.693. The van der Waals surface area contributed by atoms with E-state index in [1.807, 2.05) is 11.8 Å². The van der Waals surface area contributed by atoms with Crippen LogP contribution in [0.25, 0.3) is 0 Å². The molecule has 3 heteroatoms. The second-order valence-electron chi connectivity index (χ2n) is 3.46. The molecule has 0 aliphatic carbocycles. The Bertz CT molecular complexity index is 203. The molecule has 0 radical (unpaired) electrons. The summed E-state index contributed by atoms with van der Waals surface area (Å²) in [5.41, 5.74) is 1.05. The normalized spacial score (nSPS) is 23.3. The second-order valence-corrected chi connectivity index (χ2v) is 4.10. The van der Waals surface area contributed by atoms with Gasteiger partial charge in [-0.05, 0) is 12.8 Å². The van der Waals surface area contributed by atoms with Crippen LogP contribution >= 0.6 is 15.9 Å². The highest BCUT2D eigenvalue weighted by Crippen LogP contribution is 2.19. The van der Waals surface area contributed by atoms with Crippen molar-refractivity contribution in [3.63, 3.8) is 0 Å². The van der Waals surface area contributed by atoms with E-state index in [9.17, 15) is 4.79 Å². The number of likely N-dealkylation sites (tertiary alicyclic amines) is 1. The monoisotopic (exact) mass is 231 g/mol. The average Bonchev–Trinajstić information content (AvgIpc) is 2.31. The summed E-state index contributed by atoms with van der Waals surface area (Å²) in [6.45, 7) is 7.36. The molecule has 68 valence electrons. The van der Waals surface area contributed by atoms with Crippen molar-refractivity contribution in [1.29, 1.82) is 0 Å². The van der Waals surface area contributed by atoms with E-state index in [0.717, 1.165) is 24.0 Å². The van der Waals surface area contributed by atoms with Gasteiger partial charge in [0, 0.05) is 24.8 Å². The molecule has 12 heavy (non-hydrogen) atoms. The lowest BCUT2D eigenvalue weighted by Gasteiger charge is -2.15. The highest BCUT2D eigenvalue weighted by atomic mass is 79.9. The van der Waals surface area contributed by atoms with Crippen molar-refractivity contribution in [2.24, 2.45) is 5.92 Å². The van der Waals surface area contributed by atoms with E-state index in [4.69, 9.17) is 0 Å². The van der Waals surface area contributed by atoms with Crippen LogP contribution in [0.15, 0.2) is 12.2 Å². The van der Waals surface area contributed by atoms with E-state index in [2.05, 4.69) is 22.5 Å². The Morgan fingerprint density at radius 3 is 2.92 bits per heavy atom. The van der Waals surface area contributed by atoms with Gasteiger partial charge in [0.25, 0.3) is 0 Å². The Morgan fingerprint density at radius 2 is 2.50 bits per heavy atom. The third kappa shape index (κ3) is 2.34. The Labute approximate surface area is 81.8 Å². The van der Waals surface area contributed by atoms with Gasteiger partial charge in [0.1, 0.15) is 0 Å². The maximum absolute atomic E-state index is 11.3. The van der Waals surface area contributed by atoms with E-state index in [-0.39, 0.29) is 5.91 Å². The van der Waals surface area contributed by atoms with Crippen LogP contribution in [0.5, 0.6) is 0 Å². The van der Waals surface area contributed by atoms with Crippen molar-refractivity contribution in [2.45, 2.75) is 13.3 Å². The van der Waals surface area contributed by atoms with Crippen LogP contribution in [-0.4, -0.2) is 29.2 Å². The lowest BCUT2D eigenvalue weighted by Crippen LogP contribution is -2.26. The number of carbonyl (C=O) groups excluding carboxylic acids is 1. The third-order valence-electron chi connectivity index (χ3n) is 1.97. The predicted molar refractivity (Wildman–Crippen MR) is 53.3 cm³/mol. The van der Waals surface area contributed by atoms with Crippen LogP contribution < -0.4 is 0 Å². The lowest BCUT2D eigenvalue weighted by molar-refractivity contribution is -0.127. The minimum absolute atomic E-state index is 0.266. The van der Waals surface area contributed by atoms with Crippen molar-refractivity contribution < 1.29 is 4.79 Å². The summed E-state index contributed by atoms with van der Waals surface area (Å²) in [5.74, 6) is 0.763. The van der Waals surface area contributed by atoms with Crippen molar-refractivity contribution in [3.8, 4) is 0 Å². The quantitative estimate of drug-likeness (QED) is 0.536. The maximum atomic E-state index is 11.3. The van der Waals surface area contributed by atoms with Crippen LogP contribution in [0, 0.1) is 5.92 Å². The predicted octanol–water partition coefficient (Wildman–Crippen LogP) is 1.81. The Kier molecular flexibility index (Phi) is 3.32. The first-order valence-electron chi connectivity index (χ1n) is 4.11. The molecule has 1 aliphatic rings. The van der Waals surface area contributed by atoms with Crippen LogP contribution in [-0.2, 0) is 4.79 Å². The molecule has 1 heterocycles. The van der Waals surface area contributed by atoms with Gasteiger partial charge in [0.15, 0.2) is 0 Å². The summed E-state index contributed by atoms with van der Waals surface area (Å²) in [5, 5.41) is 0.922. The van der Waals surface area contributed by atoms with Crippen LogP contribution in [0.3, 0.4) is 0 Å². The van der Waals surface area contributed by atoms with Gasteiger partial charge in [-0.25, -0.2) is 0 Å². The molecule has 1 atom stereocenters. The fourth-order valence-electron chi connectivity index (χ4n) is 1.44. The van der Waals surface area contributed by atoms with Crippen molar-refractivity contribution >= 4 is 21.8 Å². The molecule has 0 spiro atoms. The molecular formula is C9H14BrNO. The summed E-state index contributed by atoms with van der Waals surface area (Å²) in [6, 6.07) is 0. The lowest BCUT2D eigenvalue weighted by atomic mass is 10.2. The van der Waals surface area contributed by atoms with Gasteiger partial charge in [0.05, 0.1) is 0 Å². The molecule has 1 aliphatic heterocycles. The van der Waals surface area contributed by atoms with Gasteiger partial charge in [-0.2, -0.15) is 0 Å². The number of halogens is 1. The number of alkyl halides is 1. The van der Waals surface area contributed by atoms with Crippen LogP contribution in [0.1, 0.15) is 13.3 Å². The van der Waals surface area contributed by atoms with Gasteiger partial charge in [-0.3, -0.25) is 4.79 Å². The number of hydrogen-bond acceptors (Lipinski definition) is 1. The second kappa shape index (κ2) is 4.08. The molecule has 0 aromatic heterocycles. The SMILES string of the molecule is C=C(C)CN1CC(CBr)CC1=O. The van der Waals surface area contributed by atoms with E-state index < -0.39 is 0 Å². The van der Waals surface area contributed by atoms with Gasteiger partial charge < -0.3 is 4.90 Å². The van der Waals surface area contributed by atoms with Gasteiger partial charge >= 0.3 is 0 Å². The minimum Gasteiger partial charge on any atom is -0.338 e. The molecule has 0 bridgehead atoms. The highest BCUT2D eigenvalue weighted by Gasteiger charge is 2.28. The number of hydrogen-bond donors (Lipinski definition) is 0. The topological polar surface area (TPSA) is 20.3 Å². The Balaban J connectivity index is 2.46. The Hall–Kier alpha value is -0.310. The molecule has 1 unspecified atom stereocenters. The standard InChI is InChI=1S/C9H14BrNO/c1-7(2)5-11-6-8(4-10)3-9(11)12/h8H,1,3-6H2,2H3. The summed E-state index contributed by atoms with van der Waals surface area (Å²) < 4.78 is 0. The smallest absolute Gasteiger partial charge is 0.223 e. The molecule has 0 saturated carbocycles. The van der Waals surface area contributed by atoms with E-state index in [0.29, 0.717) is 12.3 Å². The molecule has 1 rings (SSSR count). The van der Waals surface area contributed by atoms with Crippen molar-refractivity contribution in [2.75, 3.05) is 18.4 Å². The number of amides is 1. The van der Waals surface area contributed by atoms with E-state index in [1.54, 1.807) is 0 Å². The first-order chi connectivity index (χ1) is 5.63. The molecule has 1 amide bonds. The summed E-state index contributed by atoms with van der Waals surface area (Å²) in [7, 11) is 0. The molecule has 2 nitrogen and oxygen atoms in total. The Morgan fingerprint density at radius 1 is 1.83 bits per heavy atom. The molecule has 1 fully saturated rings. The fourth-order valence-corrected chi connectivity index (χ4v) is 1.87. The van der Waals surface area contributed by atoms with Gasteiger partial charge in [-0.15, -0.1) is 0 Å². The van der Waals surface area contributed by atoms with Gasteiger partial charge in [0.2, 0.25) is 5.91 Å². The number of carbonyl (C=O) groups is 1. The number of nitrogens with zero attached hydrogens (tertiary/aromatic N) is 1. The molecular weight excluding hydrogens is 218 g/mol. The zero-order valence-electron chi connectivity index (χ0n) is 7.35. The number of rotatable bonds is 3.